The van der Waals surface area contributed by atoms with Crippen molar-refractivity contribution in [2.45, 2.75) is 32.2 Å². The molecule has 3 rings (SSSR count). The Bertz CT molecular complexity index is 765. The van der Waals surface area contributed by atoms with Gasteiger partial charge in [0.15, 0.2) is 5.96 Å². The molecule has 2 N–H and O–H groups in total. The van der Waals surface area contributed by atoms with Crippen LogP contribution >= 0.6 is 0 Å². The first-order valence-electron chi connectivity index (χ1n) is 10.1. The van der Waals surface area contributed by atoms with Crippen molar-refractivity contribution in [3.05, 3.63) is 71.3 Å². The van der Waals surface area contributed by atoms with Gasteiger partial charge in [-0.15, -0.1) is 0 Å². The first-order chi connectivity index (χ1) is 13.8. The molecule has 1 amide bonds. The monoisotopic (exact) mass is 378 g/mol. The van der Waals surface area contributed by atoms with Crippen molar-refractivity contribution in [2.24, 2.45) is 4.99 Å². The van der Waals surface area contributed by atoms with E-state index in [1.165, 1.54) is 12.0 Å². The standard InChI is InChI=1S/C23H30N4O/c1-24-23(25-15-14-19-8-4-2-5-9-19)26-18-20-10-12-21(13-11-20)22(28)27-16-6-3-7-17-27/h2,4-5,8-13H,3,6-7,14-18H2,1H3,(H2,24,25,26). The van der Waals surface area contributed by atoms with Crippen molar-refractivity contribution in [1.82, 2.24) is 15.5 Å². The third-order valence-electron chi connectivity index (χ3n) is 5.08. The van der Waals surface area contributed by atoms with Crippen molar-refractivity contribution in [1.29, 1.82) is 0 Å². The topological polar surface area (TPSA) is 56.7 Å². The average Bonchev–Trinajstić information content (AvgIpc) is 2.77. The fourth-order valence-electron chi connectivity index (χ4n) is 3.42. The summed E-state index contributed by atoms with van der Waals surface area (Å²) in [4.78, 5) is 18.8. The van der Waals surface area contributed by atoms with Gasteiger partial charge >= 0.3 is 0 Å². The van der Waals surface area contributed by atoms with Gasteiger partial charge in [-0.2, -0.15) is 0 Å². The van der Waals surface area contributed by atoms with Crippen LogP contribution in [0.3, 0.4) is 0 Å². The summed E-state index contributed by atoms with van der Waals surface area (Å²) >= 11 is 0. The second-order valence-electron chi connectivity index (χ2n) is 7.14. The van der Waals surface area contributed by atoms with Crippen LogP contribution in [0.15, 0.2) is 59.6 Å². The zero-order chi connectivity index (χ0) is 19.6. The molecule has 0 aromatic heterocycles. The number of nitrogens with one attached hydrogen (secondary N) is 2. The van der Waals surface area contributed by atoms with Crippen molar-refractivity contribution in [3.8, 4) is 0 Å². The molecule has 5 nitrogen and oxygen atoms in total. The molecule has 28 heavy (non-hydrogen) atoms. The molecular weight excluding hydrogens is 348 g/mol. The molecule has 1 aliphatic rings. The van der Waals surface area contributed by atoms with Crippen LogP contribution in [0.2, 0.25) is 0 Å². The summed E-state index contributed by atoms with van der Waals surface area (Å²) in [5.41, 5.74) is 3.21. The molecule has 0 atom stereocenters. The van der Waals surface area contributed by atoms with Crippen LogP contribution in [-0.4, -0.2) is 43.4 Å². The van der Waals surface area contributed by atoms with Gasteiger partial charge < -0.3 is 15.5 Å². The molecule has 1 heterocycles. The summed E-state index contributed by atoms with van der Waals surface area (Å²) < 4.78 is 0. The van der Waals surface area contributed by atoms with Crippen LogP contribution in [0.4, 0.5) is 0 Å². The largest absolute Gasteiger partial charge is 0.356 e. The van der Waals surface area contributed by atoms with Gasteiger partial charge in [-0.25, -0.2) is 0 Å². The van der Waals surface area contributed by atoms with E-state index in [9.17, 15) is 4.79 Å². The number of carbonyl (C=O) groups excluding carboxylic acids is 1. The van der Waals surface area contributed by atoms with E-state index in [2.05, 4.69) is 39.9 Å². The number of likely N-dealkylation sites (tertiary alicyclic amines) is 1. The normalized spacial score (nSPS) is 14.6. The second-order valence-corrected chi connectivity index (χ2v) is 7.14. The number of nitrogens with zero attached hydrogens (tertiary/aromatic N) is 2. The lowest BCUT2D eigenvalue weighted by Crippen LogP contribution is -2.38. The number of benzene rings is 2. The quantitative estimate of drug-likeness (QED) is 0.599. The van der Waals surface area contributed by atoms with Gasteiger partial charge in [-0.05, 0) is 48.9 Å². The summed E-state index contributed by atoms with van der Waals surface area (Å²) in [6.07, 6.45) is 4.41. The number of guanidine groups is 1. The fraction of sp³-hybridized carbons (Fsp3) is 0.391. The van der Waals surface area contributed by atoms with Gasteiger partial charge in [0.2, 0.25) is 0 Å². The van der Waals surface area contributed by atoms with Crippen LogP contribution in [0, 0.1) is 0 Å². The van der Waals surface area contributed by atoms with Gasteiger partial charge in [0.1, 0.15) is 0 Å². The first kappa shape index (κ1) is 19.9. The van der Waals surface area contributed by atoms with Gasteiger partial charge in [0.25, 0.3) is 5.91 Å². The maximum Gasteiger partial charge on any atom is 0.253 e. The van der Waals surface area contributed by atoms with Crippen molar-refractivity contribution in [3.63, 3.8) is 0 Å². The minimum atomic E-state index is 0.151. The predicted octanol–water partition coefficient (Wildman–Crippen LogP) is 3.22. The average molecular weight is 379 g/mol. The Morgan fingerprint density at radius 1 is 0.929 bits per heavy atom. The summed E-state index contributed by atoms with van der Waals surface area (Å²) in [6, 6.07) is 18.3. The zero-order valence-electron chi connectivity index (χ0n) is 16.7. The van der Waals surface area contributed by atoms with E-state index in [-0.39, 0.29) is 5.91 Å². The molecule has 0 unspecified atom stereocenters. The van der Waals surface area contributed by atoms with Crippen LogP contribution in [0.25, 0.3) is 0 Å². The van der Waals surface area contributed by atoms with Crippen molar-refractivity contribution in [2.75, 3.05) is 26.7 Å². The molecule has 0 spiro atoms. The third kappa shape index (κ3) is 5.84. The summed E-state index contributed by atoms with van der Waals surface area (Å²) in [6.45, 7) is 3.26. The zero-order valence-corrected chi connectivity index (χ0v) is 16.7. The molecule has 0 saturated carbocycles. The van der Waals surface area contributed by atoms with Gasteiger partial charge in [-0.1, -0.05) is 42.5 Å². The van der Waals surface area contributed by atoms with E-state index in [1.54, 1.807) is 7.05 Å². The maximum atomic E-state index is 12.5. The minimum Gasteiger partial charge on any atom is -0.356 e. The molecule has 1 aliphatic heterocycles. The predicted molar refractivity (Wildman–Crippen MR) is 115 cm³/mol. The van der Waals surface area contributed by atoms with E-state index < -0.39 is 0 Å². The first-order valence-corrected chi connectivity index (χ1v) is 10.1. The molecule has 1 fully saturated rings. The van der Waals surface area contributed by atoms with Crippen molar-refractivity contribution < 1.29 is 4.79 Å². The van der Waals surface area contributed by atoms with Crippen LogP contribution in [0.1, 0.15) is 40.7 Å². The Kier molecular flexibility index (Phi) is 7.47. The maximum absolute atomic E-state index is 12.5. The molecule has 2 aromatic carbocycles. The van der Waals surface area contributed by atoms with Crippen molar-refractivity contribution >= 4 is 11.9 Å². The number of amides is 1. The summed E-state index contributed by atoms with van der Waals surface area (Å²) in [5.74, 6) is 0.932. The van der Waals surface area contributed by atoms with E-state index in [1.807, 2.05) is 35.2 Å². The number of piperidine rings is 1. The van der Waals surface area contributed by atoms with Gasteiger partial charge in [-0.3, -0.25) is 9.79 Å². The molecular formula is C23H30N4O. The van der Waals surface area contributed by atoms with Crippen LogP contribution in [0.5, 0.6) is 0 Å². The number of hydrogen-bond acceptors (Lipinski definition) is 2. The highest BCUT2D eigenvalue weighted by atomic mass is 16.2. The number of rotatable bonds is 6. The smallest absolute Gasteiger partial charge is 0.253 e. The number of hydrogen-bond donors (Lipinski definition) is 2. The van der Waals surface area contributed by atoms with Gasteiger partial charge in [0, 0.05) is 38.8 Å². The highest BCUT2D eigenvalue weighted by Gasteiger charge is 2.17. The Morgan fingerprint density at radius 3 is 2.32 bits per heavy atom. The third-order valence-corrected chi connectivity index (χ3v) is 5.08. The summed E-state index contributed by atoms with van der Waals surface area (Å²) in [7, 11) is 1.78. The SMILES string of the molecule is CN=C(NCCc1ccccc1)NCc1ccc(C(=O)N2CCCCC2)cc1. The van der Waals surface area contributed by atoms with E-state index >= 15 is 0 Å². The number of carbonyl (C=O) groups is 1. The lowest BCUT2D eigenvalue weighted by molar-refractivity contribution is 0.0724. The Balaban J connectivity index is 1.44. The highest BCUT2D eigenvalue weighted by Crippen LogP contribution is 2.14. The molecule has 0 aliphatic carbocycles. The van der Waals surface area contributed by atoms with Gasteiger partial charge in [0.05, 0.1) is 0 Å². The van der Waals surface area contributed by atoms with E-state index in [0.29, 0.717) is 6.54 Å². The molecule has 5 heteroatoms. The molecule has 0 bridgehead atoms. The molecule has 1 saturated heterocycles. The Labute approximate surface area is 167 Å². The van der Waals surface area contributed by atoms with Crippen LogP contribution < -0.4 is 10.6 Å². The Morgan fingerprint density at radius 2 is 1.64 bits per heavy atom. The molecule has 148 valence electrons. The highest BCUT2D eigenvalue weighted by molar-refractivity contribution is 5.94. The van der Waals surface area contributed by atoms with E-state index in [4.69, 9.17) is 0 Å². The van der Waals surface area contributed by atoms with Crippen LogP contribution in [-0.2, 0) is 13.0 Å². The molecule has 0 radical (unpaired) electrons. The fourth-order valence-corrected chi connectivity index (χ4v) is 3.42. The Hall–Kier alpha value is -2.82. The van der Waals surface area contributed by atoms with E-state index in [0.717, 1.165) is 56.0 Å². The lowest BCUT2D eigenvalue weighted by atomic mass is 10.1. The summed E-state index contributed by atoms with van der Waals surface area (Å²) in [5, 5.41) is 6.67. The lowest BCUT2D eigenvalue weighted by Gasteiger charge is -2.26. The molecule has 2 aromatic rings. The second kappa shape index (κ2) is 10.5. The number of aliphatic imine (C=N–C) groups is 1. The minimum absolute atomic E-state index is 0.151.